The Balaban J connectivity index is 1.14. The van der Waals surface area contributed by atoms with E-state index in [1.165, 1.54) is 54.6 Å². The first kappa shape index (κ1) is 57.4. The van der Waals surface area contributed by atoms with E-state index in [1.807, 2.05) is 0 Å². The van der Waals surface area contributed by atoms with Gasteiger partial charge in [0.2, 0.25) is 41.2 Å². The van der Waals surface area contributed by atoms with E-state index < -0.39 is 141 Å². The smallest absolute Gasteiger partial charge is 0.333 e. The van der Waals surface area contributed by atoms with Gasteiger partial charge in [-0.2, -0.15) is 0 Å². The second kappa shape index (κ2) is 22.6. The third-order valence-electron chi connectivity index (χ3n) is 14.6. The lowest BCUT2D eigenvalue weighted by Crippen LogP contribution is -2.55. The van der Waals surface area contributed by atoms with Crippen molar-refractivity contribution in [3.05, 3.63) is 164 Å². The number of hydrogen-bond acceptors (Lipinski definition) is 19. The zero-order valence-electron chi connectivity index (χ0n) is 44.3. The van der Waals surface area contributed by atoms with Gasteiger partial charge in [0.1, 0.15) is 82.6 Å². The lowest BCUT2D eigenvalue weighted by molar-refractivity contribution is -0.146. The Morgan fingerprint density at radius 1 is 0.523 bits per heavy atom. The first-order valence-corrected chi connectivity index (χ1v) is 26.7. The highest BCUT2D eigenvalue weighted by molar-refractivity contribution is 6.32. The van der Waals surface area contributed by atoms with Crippen molar-refractivity contribution in [2.75, 3.05) is 7.11 Å². The molecular weight excluding hydrogens is 1170 g/mol. The maximum Gasteiger partial charge on any atom is 0.333 e. The molecule has 440 valence electrons. The third kappa shape index (κ3) is 11.0. The molecule has 0 saturated carbocycles. The number of ether oxygens (including phenoxy) is 4. The Morgan fingerprint density at radius 3 is 1.78 bits per heavy atom. The van der Waals surface area contributed by atoms with Crippen molar-refractivity contribution in [1.82, 2.24) is 31.9 Å². The van der Waals surface area contributed by atoms with E-state index in [0.29, 0.717) is 5.56 Å². The lowest BCUT2D eigenvalue weighted by Gasteiger charge is -2.31. The SMILES string of the molecule is COC(=O)[C@H]1NC(=O)[C@H]2NC(=O)[C@H](NC(=O)[C@@H]3NC(=O)[C@H]4NC(=O)[C@@H](Cc5ccc(c(Cl)c5)Oc5cc3cc(c5O)Oc3ccc(cc3Cl)[C@H]2O)NC(=O)[C@H](N)c2ccc(O)c(c2)Oc2cc(O)cc4c2)c2ccc(O)c(c2)-c2c(O)cc(O)cc21. The fraction of sp³-hybridized carbons (Fsp3) is 0.169. The molecular formula is C59H47Cl2N7O18. The number of rotatable bonds is 1. The molecule has 7 aromatic carbocycles. The van der Waals surface area contributed by atoms with Crippen molar-refractivity contribution in [2.24, 2.45) is 5.73 Å². The van der Waals surface area contributed by atoms with Gasteiger partial charge in [0.15, 0.2) is 29.0 Å². The lowest BCUT2D eigenvalue weighted by atomic mass is 9.89. The number of amides is 6. The number of aliphatic hydroxyl groups is 1. The number of carbonyl (C=O) groups is 7. The number of methoxy groups -OCH3 is 1. The van der Waals surface area contributed by atoms with E-state index in [0.717, 1.165) is 67.8 Å². The van der Waals surface area contributed by atoms with Crippen LogP contribution in [0.4, 0.5) is 0 Å². The van der Waals surface area contributed by atoms with Crippen LogP contribution in [0.15, 0.2) is 115 Å². The number of halogens is 2. The van der Waals surface area contributed by atoms with Crippen LogP contribution < -0.4 is 51.8 Å². The molecule has 7 aromatic rings. The third-order valence-corrected chi connectivity index (χ3v) is 15.2. The van der Waals surface area contributed by atoms with Crippen molar-refractivity contribution in [3.63, 3.8) is 0 Å². The minimum absolute atomic E-state index is 0.121. The topological polar surface area (TPSA) is 396 Å². The van der Waals surface area contributed by atoms with E-state index in [1.54, 1.807) is 0 Å². The van der Waals surface area contributed by atoms with Crippen LogP contribution in [0.1, 0.15) is 75.3 Å². The van der Waals surface area contributed by atoms with Crippen LogP contribution in [0, 0.1) is 0 Å². The van der Waals surface area contributed by atoms with Gasteiger partial charge >= 0.3 is 5.97 Å². The van der Waals surface area contributed by atoms with Crippen LogP contribution in [-0.2, 0) is 44.7 Å². The largest absolute Gasteiger partial charge is 0.508 e. The molecule has 0 radical (unpaired) electrons. The van der Waals surface area contributed by atoms with E-state index in [-0.39, 0.29) is 78.4 Å². The molecule has 6 aliphatic heterocycles. The summed E-state index contributed by atoms with van der Waals surface area (Å²) in [4.78, 5) is 104. The highest BCUT2D eigenvalue weighted by Crippen LogP contribution is 2.48. The Hall–Kier alpha value is -10.5. The molecule has 0 aromatic heterocycles. The minimum Gasteiger partial charge on any atom is -0.508 e. The van der Waals surface area contributed by atoms with Crippen molar-refractivity contribution >= 4 is 64.6 Å². The van der Waals surface area contributed by atoms with Gasteiger partial charge in [0.05, 0.1) is 17.2 Å². The predicted molar refractivity (Wildman–Crippen MR) is 299 cm³/mol. The molecule has 0 fully saturated rings. The number of carbonyl (C=O) groups excluding carboxylic acids is 7. The number of fused-ring (bicyclic) bond motifs is 14. The first-order chi connectivity index (χ1) is 41.0. The molecule has 86 heavy (non-hydrogen) atoms. The first-order valence-electron chi connectivity index (χ1n) is 25.9. The fourth-order valence-corrected chi connectivity index (χ4v) is 10.8. The van der Waals surface area contributed by atoms with Gasteiger partial charge < -0.3 is 92.3 Å². The van der Waals surface area contributed by atoms with Gasteiger partial charge in [-0.25, -0.2) is 4.79 Å². The zero-order chi connectivity index (χ0) is 61.2. The standard InChI is InChI=1S/C59H47Cl2N7O18/c1-83-59(82)49-32-20-29(70)21-38(73)44(32)31-14-24(4-6-36(31)71)46-55(78)68-50(58(81)67-49)51(74)25-5-9-40(34(61)15-25)86-43-18-27-17-42(52(43)75)85-39-8-2-22(10-33(39)60)11-35-53(76)64-47(56(79)66-48(27)57(80)65-46)26-12-28(69)19-30(13-26)84-41-16-23(3-7-37(41)72)45(62)54(77)63-35/h2-10,12-21,35,45-51,69-75H,11,62H2,1H3,(H,63,77)(H,64,76)(H,65,80)(H,66,79)(H,67,81)(H,68,78)/t35-,45-,46-,47+,48-,49+,50+,51-/m1/s1. The molecule has 0 aliphatic carbocycles. The van der Waals surface area contributed by atoms with Gasteiger partial charge in [-0.3, -0.25) is 28.8 Å². The number of hydrogen-bond donors (Lipinski definition) is 14. The molecule has 8 atom stereocenters. The van der Waals surface area contributed by atoms with Gasteiger partial charge in [0.25, 0.3) is 0 Å². The highest BCUT2D eigenvalue weighted by Gasteiger charge is 2.41. The van der Waals surface area contributed by atoms with Crippen LogP contribution in [0.2, 0.25) is 10.0 Å². The summed E-state index contributed by atoms with van der Waals surface area (Å²) in [5, 5.41) is 95.0. The monoisotopic (exact) mass is 1210 g/mol. The van der Waals surface area contributed by atoms with E-state index >= 15 is 14.4 Å². The summed E-state index contributed by atoms with van der Waals surface area (Å²) >= 11 is 13.7. The Morgan fingerprint density at radius 2 is 1.10 bits per heavy atom. The fourth-order valence-electron chi connectivity index (χ4n) is 10.3. The molecule has 17 bridgehead atoms. The summed E-state index contributed by atoms with van der Waals surface area (Å²) in [6, 6.07) is 8.94. The van der Waals surface area contributed by atoms with Crippen LogP contribution in [-0.4, -0.2) is 96.4 Å². The number of esters is 1. The summed E-state index contributed by atoms with van der Waals surface area (Å²) in [5.41, 5.74) is 4.82. The molecule has 0 spiro atoms. The Bertz CT molecular complexity index is 4050. The molecule has 0 saturated heterocycles. The summed E-state index contributed by atoms with van der Waals surface area (Å²) in [6.07, 6.45) is -2.42. The summed E-state index contributed by atoms with van der Waals surface area (Å²) < 4.78 is 23.5. The molecule has 0 unspecified atom stereocenters. The van der Waals surface area contributed by atoms with Crippen LogP contribution in [0.5, 0.6) is 69.0 Å². The quantitative estimate of drug-likeness (QED) is 0.0954. The van der Waals surface area contributed by atoms with E-state index in [4.69, 9.17) is 47.9 Å². The molecule has 25 nitrogen and oxygen atoms in total. The number of benzene rings is 7. The average Bonchev–Trinajstić information content (AvgIpc) is 2.09. The van der Waals surface area contributed by atoms with E-state index in [2.05, 4.69) is 31.9 Å². The molecule has 15 N–H and O–H groups in total. The summed E-state index contributed by atoms with van der Waals surface area (Å²) in [5.74, 6) is -13.9. The number of aliphatic hydroxyl groups excluding tert-OH is 1. The highest BCUT2D eigenvalue weighted by atomic mass is 35.5. The normalized spacial score (nSPS) is 21.9. The number of phenols is 6. The molecule has 6 aliphatic rings. The van der Waals surface area contributed by atoms with Crippen LogP contribution in [0.25, 0.3) is 11.1 Å². The van der Waals surface area contributed by atoms with Crippen LogP contribution >= 0.6 is 23.2 Å². The average molecular weight is 1210 g/mol. The molecule has 27 heteroatoms. The molecule has 13 rings (SSSR count). The number of nitrogens with one attached hydrogen (secondary N) is 6. The maximum atomic E-state index is 15.7. The van der Waals surface area contributed by atoms with Crippen LogP contribution in [0.3, 0.4) is 0 Å². The second-order valence-corrected chi connectivity index (χ2v) is 21.1. The van der Waals surface area contributed by atoms with Gasteiger partial charge in [-0.1, -0.05) is 47.5 Å². The second-order valence-electron chi connectivity index (χ2n) is 20.3. The predicted octanol–water partition coefficient (Wildman–Crippen LogP) is 5.07. The number of aromatic hydroxyl groups is 6. The zero-order valence-corrected chi connectivity index (χ0v) is 45.8. The van der Waals surface area contributed by atoms with Crippen molar-refractivity contribution in [1.29, 1.82) is 0 Å². The Kier molecular flexibility index (Phi) is 15.1. The maximum absolute atomic E-state index is 15.7. The molecule has 6 heterocycles. The Labute approximate surface area is 494 Å². The number of nitrogens with two attached hydrogens (primary N) is 1. The van der Waals surface area contributed by atoms with Gasteiger partial charge in [-0.15, -0.1) is 0 Å². The minimum atomic E-state index is -2.15. The number of phenolic OH excluding ortho intramolecular Hbond substituents is 6. The summed E-state index contributed by atoms with van der Waals surface area (Å²) in [7, 11) is 0.966. The van der Waals surface area contributed by atoms with Crippen molar-refractivity contribution in [3.8, 4) is 80.1 Å². The van der Waals surface area contributed by atoms with Gasteiger partial charge in [-0.05, 0) is 112 Å². The van der Waals surface area contributed by atoms with E-state index in [9.17, 15) is 54.9 Å². The van der Waals surface area contributed by atoms with Gasteiger partial charge in [0, 0.05) is 35.2 Å². The molecule has 6 amide bonds. The summed E-state index contributed by atoms with van der Waals surface area (Å²) in [6.45, 7) is 0. The van der Waals surface area contributed by atoms with Crippen molar-refractivity contribution < 1.29 is 88.3 Å². The van der Waals surface area contributed by atoms with Crippen molar-refractivity contribution in [2.45, 2.75) is 54.8 Å².